The Morgan fingerprint density at radius 2 is 2.03 bits per heavy atom. The predicted octanol–water partition coefficient (Wildman–Crippen LogP) is 3.63. The van der Waals surface area contributed by atoms with Gasteiger partial charge in [-0.15, -0.1) is 0 Å². The van der Waals surface area contributed by atoms with E-state index in [1.165, 1.54) is 10.8 Å². The first-order valence-corrected chi connectivity index (χ1v) is 10.8. The van der Waals surface area contributed by atoms with Gasteiger partial charge in [0, 0.05) is 18.9 Å². The van der Waals surface area contributed by atoms with Crippen LogP contribution in [0.15, 0.2) is 59.9 Å². The lowest BCUT2D eigenvalue weighted by molar-refractivity contribution is 0.602. The smallest absolute Gasteiger partial charge is 0.271 e. The molecule has 1 aliphatic heterocycles. The maximum atomic E-state index is 13.7. The average Bonchev–Trinajstić information content (AvgIpc) is 3.61. The Kier molecular flexibility index (Phi) is 5.47. The Balaban J connectivity index is 0.00000253. The van der Waals surface area contributed by atoms with E-state index in [2.05, 4.69) is 30.8 Å². The van der Waals surface area contributed by atoms with Gasteiger partial charge in [0.2, 0.25) is 5.69 Å². The van der Waals surface area contributed by atoms with Gasteiger partial charge in [0.05, 0.1) is 29.3 Å². The number of benzene rings is 1. The largest absolute Gasteiger partial charge is 0.346 e. The van der Waals surface area contributed by atoms with E-state index in [1.807, 2.05) is 30.3 Å². The molecule has 1 N–H and O–H groups in total. The number of nitriles is 1. The summed E-state index contributed by atoms with van der Waals surface area (Å²) in [5.74, 6) is 1.18. The summed E-state index contributed by atoms with van der Waals surface area (Å²) in [6, 6.07) is 12.9. The van der Waals surface area contributed by atoms with Crippen molar-refractivity contribution in [1.82, 2.24) is 29.1 Å². The van der Waals surface area contributed by atoms with Crippen molar-refractivity contribution in [2.24, 2.45) is 0 Å². The molecule has 35 heavy (non-hydrogen) atoms. The molecule has 11 heteroatoms. The van der Waals surface area contributed by atoms with Gasteiger partial charge in [-0.2, -0.15) is 23.9 Å². The molecule has 0 bridgehead atoms. The molecule has 172 valence electrons. The topological polar surface area (TPSA) is 112 Å². The van der Waals surface area contributed by atoms with Crippen molar-refractivity contribution in [2.45, 2.75) is 18.9 Å². The summed E-state index contributed by atoms with van der Waals surface area (Å²) in [6.45, 7) is 8.15. The molecule has 0 aliphatic carbocycles. The molecule has 5 aromatic rings. The molecule has 0 unspecified atom stereocenters. The summed E-state index contributed by atoms with van der Waals surface area (Å²) in [4.78, 5) is 31.2. The lowest BCUT2D eigenvalue weighted by Gasteiger charge is -2.27. The van der Waals surface area contributed by atoms with E-state index in [0.29, 0.717) is 40.5 Å². The minimum Gasteiger partial charge on any atom is -0.346 e. The zero-order chi connectivity index (χ0) is 23.2. The van der Waals surface area contributed by atoms with Gasteiger partial charge in [0.25, 0.3) is 5.56 Å². The molecule has 1 saturated heterocycles. The number of H-pyrrole nitrogens is 1. The van der Waals surface area contributed by atoms with Gasteiger partial charge < -0.3 is 9.88 Å². The highest BCUT2D eigenvalue weighted by Crippen LogP contribution is 2.38. The van der Waals surface area contributed by atoms with E-state index in [0.717, 1.165) is 12.8 Å². The van der Waals surface area contributed by atoms with Crippen molar-refractivity contribution in [1.29, 1.82) is 5.26 Å². The molecule has 1 aliphatic rings. The van der Waals surface area contributed by atoms with Crippen LogP contribution in [-0.4, -0.2) is 35.7 Å². The fraction of sp³-hybridized carbons (Fsp3) is 0.167. The van der Waals surface area contributed by atoms with Crippen molar-refractivity contribution in [3.05, 3.63) is 88.3 Å². The van der Waals surface area contributed by atoms with E-state index in [4.69, 9.17) is 11.7 Å². The summed E-state index contributed by atoms with van der Waals surface area (Å²) in [6.07, 6.45) is 6.36. The van der Waals surface area contributed by atoms with Crippen molar-refractivity contribution >= 4 is 41.6 Å². The summed E-state index contributed by atoms with van der Waals surface area (Å²) < 4.78 is 3.08. The molecule has 1 aromatic carbocycles. The molecule has 0 radical (unpaired) electrons. The number of nitrogens with zero attached hydrogens (tertiary/aromatic N) is 8. The first-order chi connectivity index (χ1) is 16.7. The van der Waals surface area contributed by atoms with E-state index < -0.39 is 0 Å². The summed E-state index contributed by atoms with van der Waals surface area (Å²) in [7, 11) is 0. The molecule has 4 aromatic heterocycles. The van der Waals surface area contributed by atoms with Crippen molar-refractivity contribution in [2.75, 3.05) is 11.4 Å². The summed E-state index contributed by atoms with van der Waals surface area (Å²) >= 11 is 0. The Morgan fingerprint density at radius 3 is 2.80 bits per heavy atom. The highest BCUT2D eigenvalue weighted by atomic mass is 32.1. The number of hydrogen-bond donors (Lipinski definition) is 1. The minimum atomic E-state index is -0.300. The molecule has 0 spiro atoms. The maximum Gasteiger partial charge on any atom is 0.271 e. The molecule has 0 amide bonds. The minimum absolute atomic E-state index is 0. The lowest BCUT2D eigenvalue weighted by Crippen LogP contribution is -2.33. The number of rotatable bonds is 3. The van der Waals surface area contributed by atoms with Crippen LogP contribution in [-0.2, 0) is 0 Å². The van der Waals surface area contributed by atoms with Crippen LogP contribution < -0.4 is 10.5 Å². The normalized spacial score (nSPS) is 15.1. The molecule has 1 atom stereocenters. The van der Waals surface area contributed by atoms with Crippen LogP contribution >= 0.6 is 13.5 Å². The first-order valence-electron chi connectivity index (χ1n) is 10.8. The van der Waals surface area contributed by atoms with Crippen LogP contribution in [0.1, 0.15) is 30.3 Å². The van der Waals surface area contributed by atoms with Crippen molar-refractivity contribution < 1.29 is 0 Å². The Bertz CT molecular complexity index is 1700. The lowest BCUT2D eigenvalue weighted by atomic mass is 10.1. The van der Waals surface area contributed by atoms with Crippen molar-refractivity contribution in [3.63, 3.8) is 0 Å². The van der Waals surface area contributed by atoms with Gasteiger partial charge >= 0.3 is 0 Å². The number of anilines is 1. The zero-order valence-corrected chi connectivity index (χ0v) is 19.4. The second-order valence-corrected chi connectivity index (χ2v) is 8.03. The van der Waals surface area contributed by atoms with E-state index in [-0.39, 0.29) is 36.3 Å². The first kappa shape index (κ1) is 22.2. The van der Waals surface area contributed by atoms with Crippen LogP contribution in [0, 0.1) is 17.9 Å². The molecule has 6 rings (SSSR count). The second-order valence-electron chi connectivity index (χ2n) is 8.03. The fourth-order valence-electron chi connectivity index (χ4n) is 4.74. The molecular weight excluding hydrogens is 462 g/mol. The van der Waals surface area contributed by atoms with Crippen LogP contribution in [0.4, 0.5) is 11.5 Å². The van der Waals surface area contributed by atoms with Crippen LogP contribution in [0.5, 0.6) is 0 Å². The third-order valence-electron chi connectivity index (χ3n) is 6.22. The maximum absolute atomic E-state index is 13.7. The van der Waals surface area contributed by atoms with E-state index in [1.54, 1.807) is 23.0 Å². The number of nitrogens with one attached hydrogen (secondary N) is 1. The molecule has 5 heterocycles. The Hall–Kier alpha value is -4.61. The number of fused-ring (bicyclic) bond motifs is 2. The molecule has 0 saturated carbocycles. The monoisotopic (exact) mass is 481 g/mol. The van der Waals surface area contributed by atoms with Crippen molar-refractivity contribution in [3.8, 4) is 11.8 Å². The molecular formula is C24H19N9OS. The Morgan fingerprint density at radius 1 is 1.20 bits per heavy atom. The highest BCUT2D eigenvalue weighted by Gasteiger charge is 2.34. The van der Waals surface area contributed by atoms with Gasteiger partial charge in [-0.05, 0) is 31.0 Å². The van der Waals surface area contributed by atoms with Crippen LogP contribution in [0.3, 0.4) is 0 Å². The standard InChI is InChI=1S/C24H17N9O.H2S/c1-26-17-9-11-32-20(17)24(34)33(16-6-3-2-4-7-16)22(30-32)18-8-5-10-31(18)23-19-15(12-25)13-27-21(19)28-14-29-23;/h2-4,6-7,9,11,13-14,18H,5,8,10H2,(H,27,28,29);1H2/t18-;/m0./s1. The predicted molar refractivity (Wildman–Crippen MR) is 135 cm³/mol. The average molecular weight is 482 g/mol. The number of hydrogen-bond acceptors (Lipinski definition) is 6. The van der Waals surface area contributed by atoms with Crippen LogP contribution in [0.2, 0.25) is 0 Å². The fourth-order valence-corrected chi connectivity index (χ4v) is 4.74. The van der Waals surface area contributed by atoms with E-state index >= 15 is 0 Å². The number of aromatic nitrogens is 6. The van der Waals surface area contributed by atoms with E-state index in [9.17, 15) is 10.1 Å². The summed E-state index contributed by atoms with van der Waals surface area (Å²) in [5.41, 5.74) is 1.93. The number of aromatic amines is 1. The second kappa shape index (κ2) is 8.63. The van der Waals surface area contributed by atoms with Gasteiger partial charge in [0.15, 0.2) is 5.82 Å². The van der Waals surface area contributed by atoms with Gasteiger partial charge in [-0.1, -0.05) is 18.2 Å². The molecule has 10 nitrogen and oxygen atoms in total. The summed E-state index contributed by atoms with van der Waals surface area (Å²) in [5, 5.41) is 15.1. The number of para-hydroxylation sites is 1. The van der Waals surface area contributed by atoms with Crippen LogP contribution in [0.25, 0.3) is 27.1 Å². The van der Waals surface area contributed by atoms with Gasteiger partial charge in [-0.3, -0.25) is 9.36 Å². The molecule has 1 fully saturated rings. The third-order valence-corrected chi connectivity index (χ3v) is 6.22. The SMILES string of the molecule is S.[C-]#[N+]c1ccn2nc([C@@H]3CCCN3c3ncnc4[nH]cc(C#N)c34)n(-c3ccccc3)c(=O)c12. The van der Waals surface area contributed by atoms with Gasteiger partial charge in [0.1, 0.15) is 29.4 Å². The quantitative estimate of drug-likeness (QED) is 0.394. The highest BCUT2D eigenvalue weighted by molar-refractivity contribution is 7.59. The Labute approximate surface area is 206 Å². The zero-order valence-electron chi connectivity index (χ0n) is 18.4. The van der Waals surface area contributed by atoms with Gasteiger partial charge in [-0.25, -0.2) is 19.3 Å². The third kappa shape index (κ3) is 3.33.